The molecule has 0 amide bonds. The highest BCUT2D eigenvalue weighted by Crippen LogP contribution is 2.25. The van der Waals surface area contributed by atoms with Crippen molar-refractivity contribution in [2.75, 3.05) is 6.61 Å². The van der Waals surface area contributed by atoms with Gasteiger partial charge < -0.3 is 10.1 Å². The van der Waals surface area contributed by atoms with E-state index in [4.69, 9.17) is 4.74 Å². The first-order valence-corrected chi connectivity index (χ1v) is 7.44. The van der Waals surface area contributed by atoms with E-state index in [-0.39, 0.29) is 5.60 Å². The Kier molecular flexibility index (Phi) is 4.03. The van der Waals surface area contributed by atoms with Crippen LogP contribution in [0.15, 0.2) is 30.7 Å². The van der Waals surface area contributed by atoms with Crippen LogP contribution in [0.3, 0.4) is 0 Å². The largest absolute Gasteiger partial charge is 0.375 e. The van der Waals surface area contributed by atoms with Crippen molar-refractivity contribution in [3.8, 4) is 11.3 Å². The number of rotatable bonds is 4. The molecule has 1 aliphatic heterocycles. The van der Waals surface area contributed by atoms with Crippen LogP contribution in [0.1, 0.15) is 32.3 Å². The Bertz CT molecular complexity index is 579. The topological polar surface area (TPSA) is 62.8 Å². The summed E-state index contributed by atoms with van der Waals surface area (Å²) < 4.78 is 5.76. The monoisotopic (exact) mass is 286 g/mol. The summed E-state index contributed by atoms with van der Waals surface area (Å²) in [6.45, 7) is 5.94. The van der Waals surface area contributed by atoms with Gasteiger partial charge in [0, 0.05) is 42.7 Å². The van der Waals surface area contributed by atoms with Crippen LogP contribution in [-0.2, 0) is 11.3 Å². The predicted octanol–water partition coefficient (Wildman–Crippen LogP) is 2.52. The van der Waals surface area contributed by atoms with E-state index in [9.17, 15) is 0 Å². The number of hydrogen-bond acceptors (Lipinski definition) is 4. The Labute approximate surface area is 125 Å². The van der Waals surface area contributed by atoms with Crippen LogP contribution in [0.25, 0.3) is 11.3 Å². The van der Waals surface area contributed by atoms with E-state index in [0.717, 1.165) is 37.3 Å². The van der Waals surface area contributed by atoms with Crippen LogP contribution < -0.4 is 5.32 Å². The average Bonchev–Trinajstić information content (AvgIpc) is 2.93. The lowest BCUT2D eigenvalue weighted by Gasteiger charge is -2.36. The lowest BCUT2D eigenvalue weighted by molar-refractivity contribution is -0.0630. The first-order chi connectivity index (χ1) is 10.1. The van der Waals surface area contributed by atoms with Gasteiger partial charge in [0.15, 0.2) is 0 Å². The highest BCUT2D eigenvalue weighted by Gasteiger charge is 2.28. The van der Waals surface area contributed by atoms with Gasteiger partial charge in [0.1, 0.15) is 0 Å². The summed E-state index contributed by atoms with van der Waals surface area (Å²) in [6.07, 6.45) is 7.62. The summed E-state index contributed by atoms with van der Waals surface area (Å²) in [5.74, 6) is 0. The zero-order valence-electron chi connectivity index (χ0n) is 12.6. The van der Waals surface area contributed by atoms with E-state index in [1.807, 2.05) is 24.5 Å². The third kappa shape index (κ3) is 3.49. The Morgan fingerprint density at radius 3 is 3.10 bits per heavy atom. The normalized spacial score (nSPS) is 21.3. The molecule has 1 unspecified atom stereocenters. The van der Waals surface area contributed by atoms with Gasteiger partial charge in [-0.15, -0.1) is 0 Å². The van der Waals surface area contributed by atoms with E-state index >= 15 is 0 Å². The lowest BCUT2D eigenvalue weighted by Crippen LogP contribution is -2.43. The van der Waals surface area contributed by atoms with Crippen LogP contribution in [0, 0.1) is 0 Å². The minimum Gasteiger partial charge on any atom is -0.375 e. The van der Waals surface area contributed by atoms with Crippen LogP contribution in [-0.4, -0.2) is 33.4 Å². The Morgan fingerprint density at radius 2 is 2.33 bits per heavy atom. The van der Waals surface area contributed by atoms with Crippen molar-refractivity contribution >= 4 is 0 Å². The zero-order valence-corrected chi connectivity index (χ0v) is 12.6. The molecule has 1 aliphatic rings. The number of pyridine rings is 1. The first-order valence-electron chi connectivity index (χ1n) is 7.44. The molecule has 112 valence electrons. The van der Waals surface area contributed by atoms with Crippen LogP contribution in [0.4, 0.5) is 0 Å². The number of nitrogens with zero attached hydrogens (tertiary/aromatic N) is 2. The number of nitrogens with one attached hydrogen (secondary N) is 2. The molecule has 2 aromatic heterocycles. The van der Waals surface area contributed by atoms with Crippen LogP contribution in [0.2, 0.25) is 0 Å². The molecule has 21 heavy (non-hydrogen) atoms. The molecule has 0 spiro atoms. The molecule has 3 heterocycles. The van der Waals surface area contributed by atoms with Crippen molar-refractivity contribution in [2.45, 2.75) is 44.9 Å². The molecule has 2 aromatic rings. The maximum Gasteiger partial charge on any atom is 0.0710 e. The maximum atomic E-state index is 5.76. The van der Waals surface area contributed by atoms with Gasteiger partial charge in [-0.05, 0) is 38.8 Å². The number of aromatic nitrogens is 3. The molecule has 1 fully saturated rings. The van der Waals surface area contributed by atoms with Crippen molar-refractivity contribution in [3.63, 3.8) is 0 Å². The molecule has 2 N–H and O–H groups in total. The second kappa shape index (κ2) is 5.95. The SMILES string of the molecule is CC1(C)CC(NCc2cn[nH]c2-c2cccnc2)CCO1. The summed E-state index contributed by atoms with van der Waals surface area (Å²) in [5, 5.41) is 10.9. The van der Waals surface area contributed by atoms with Crippen molar-refractivity contribution in [2.24, 2.45) is 0 Å². The van der Waals surface area contributed by atoms with Crippen molar-refractivity contribution in [1.29, 1.82) is 0 Å². The summed E-state index contributed by atoms with van der Waals surface area (Å²) in [6, 6.07) is 4.47. The van der Waals surface area contributed by atoms with Crippen molar-refractivity contribution in [1.82, 2.24) is 20.5 Å². The Hall–Kier alpha value is -1.72. The molecule has 0 saturated carbocycles. The molecule has 1 atom stereocenters. The molecule has 1 saturated heterocycles. The fourth-order valence-electron chi connectivity index (χ4n) is 2.87. The smallest absolute Gasteiger partial charge is 0.0710 e. The molecule has 0 radical (unpaired) electrons. The standard InChI is InChI=1S/C16H22N4O/c1-16(2)8-14(5-7-21-16)18-10-13-11-19-20-15(13)12-4-3-6-17-9-12/h3-4,6,9,11,14,18H,5,7-8,10H2,1-2H3,(H,19,20). The first kappa shape index (κ1) is 14.2. The highest BCUT2D eigenvalue weighted by atomic mass is 16.5. The third-order valence-corrected chi connectivity index (χ3v) is 3.95. The molecule has 0 aliphatic carbocycles. The van der Waals surface area contributed by atoms with Gasteiger partial charge in [0.25, 0.3) is 0 Å². The zero-order chi connectivity index (χ0) is 14.7. The molecule has 5 heteroatoms. The average molecular weight is 286 g/mol. The third-order valence-electron chi connectivity index (χ3n) is 3.95. The summed E-state index contributed by atoms with van der Waals surface area (Å²) >= 11 is 0. The van der Waals surface area contributed by atoms with Crippen molar-refractivity contribution in [3.05, 3.63) is 36.3 Å². The van der Waals surface area contributed by atoms with Gasteiger partial charge >= 0.3 is 0 Å². The summed E-state index contributed by atoms with van der Waals surface area (Å²) in [5.41, 5.74) is 3.26. The minimum absolute atomic E-state index is 0.0293. The second-order valence-corrected chi connectivity index (χ2v) is 6.19. The number of ether oxygens (including phenoxy) is 1. The molecular formula is C16H22N4O. The van der Waals surface area contributed by atoms with Gasteiger partial charge in [-0.2, -0.15) is 5.10 Å². The summed E-state index contributed by atoms with van der Waals surface area (Å²) in [7, 11) is 0. The predicted molar refractivity (Wildman–Crippen MR) is 81.7 cm³/mol. The number of aromatic amines is 1. The van der Waals surface area contributed by atoms with Crippen LogP contribution in [0.5, 0.6) is 0 Å². The molecular weight excluding hydrogens is 264 g/mol. The molecule has 3 rings (SSSR count). The fraction of sp³-hybridized carbons (Fsp3) is 0.500. The van der Waals surface area contributed by atoms with E-state index in [0.29, 0.717) is 6.04 Å². The quantitative estimate of drug-likeness (QED) is 0.906. The van der Waals surface area contributed by atoms with Gasteiger partial charge in [-0.1, -0.05) is 0 Å². The van der Waals surface area contributed by atoms with Crippen molar-refractivity contribution < 1.29 is 4.74 Å². The van der Waals surface area contributed by atoms with Gasteiger partial charge in [-0.25, -0.2) is 0 Å². The van der Waals surface area contributed by atoms with E-state index in [1.54, 1.807) is 6.20 Å². The molecule has 0 aromatic carbocycles. The summed E-state index contributed by atoms with van der Waals surface area (Å²) in [4.78, 5) is 4.17. The fourth-order valence-corrected chi connectivity index (χ4v) is 2.87. The van der Waals surface area contributed by atoms with Gasteiger partial charge in [0.2, 0.25) is 0 Å². The van der Waals surface area contributed by atoms with E-state index < -0.39 is 0 Å². The Balaban J connectivity index is 1.65. The van der Waals surface area contributed by atoms with Gasteiger partial charge in [-0.3, -0.25) is 10.1 Å². The highest BCUT2D eigenvalue weighted by molar-refractivity contribution is 5.61. The Morgan fingerprint density at radius 1 is 1.43 bits per heavy atom. The molecule has 0 bridgehead atoms. The van der Waals surface area contributed by atoms with E-state index in [1.165, 1.54) is 5.56 Å². The minimum atomic E-state index is -0.0293. The number of hydrogen-bond donors (Lipinski definition) is 2. The lowest BCUT2D eigenvalue weighted by atomic mass is 9.94. The van der Waals surface area contributed by atoms with Crippen LogP contribution >= 0.6 is 0 Å². The van der Waals surface area contributed by atoms with Gasteiger partial charge in [0.05, 0.1) is 17.5 Å². The van der Waals surface area contributed by atoms with E-state index in [2.05, 4.69) is 34.3 Å². The maximum absolute atomic E-state index is 5.76. The molecule has 5 nitrogen and oxygen atoms in total. The number of H-pyrrole nitrogens is 1. The second-order valence-electron chi connectivity index (χ2n) is 6.19.